The van der Waals surface area contributed by atoms with E-state index in [2.05, 4.69) is 18.8 Å². The summed E-state index contributed by atoms with van der Waals surface area (Å²) in [6, 6.07) is 5.98. The van der Waals surface area contributed by atoms with Crippen molar-refractivity contribution in [3.05, 3.63) is 29.3 Å². The highest BCUT2D eigenvalue weighted by Gasteiger charge is 2.14. The summed E-state index contributed by atoms with van der Waals surface area (Å²) in [7, 11) is 0. The molecule has 0 spiro atoms. The number of aryl methyl sites for hydroxylation is 1. The standard InChI is InChI=1S/C17H22O2/c1-14-13-15(7-6-12-18)10-11-17(14)19-16-8-4-2-3-5-9-16/h10-11,13,16,18H,2-5,8-9,12H2,1H3. The number of benzene rings is 1. The third-order valence-electron chi connectivity index (χ3n) is 3.58. The van der Waals surface area contributed by atoms with E-state index < -0.39 is 0 Å². The van der Waals surface area contributed by atoms with Crippen molar-refractivity contribution in [2.75, 3.05) is 6.61 Å². The highest BCUT2D eigenvalue weighted by Crippen LogP contribution is 2.25. The fraction of sp³-hybridized carbons (Fsp3) is 0.529. The lowest BCUT2D eigenvalue weighted by atomic mass is 10.1. The van der Waals surface area contributed by atoms with Gasteiger partial charge < -0.3 is 9.84 Å². The van der Waals surface area contributed by atoms with Gasteiger partial charge in [0, 0.05) is 5.56 Å². The Kier molecular flexibility index (Phi) is 5.30. The molecule has 2 rings (SSSR count). The molecule has 1 aromatic rings. The molecule has 0 atom stereocenters. The van der Waals surface area contributed by atoms with Crippen LogP contribution in [0.3, 0.4) is 0 Å². The van der Waals surface area contributed by atoms with Crippen molar-refractivity contribution in [2.24, 2.45) is 0 Å². The molecule has 1 fully saturated rings. The molecule has 102 valence electrons. The van der Waals surface area contributed by atoms with Gasteiger partial charge in [0.1, 0.15) is 12.4 Å². The van der Waals surface area contributed by atoms with Crippen LogP contribution in [-0.4, -0.2) is 17.8 Å². The molecule has 19 heavy (non-hydrogen) atoms. The third kappa shape index (κ3) is 4.29. The molecule has 0 radical (unpaired) electrons. The Bertz CT molecular complexity index is 460. The first-order chi connectivity index (χ1) is 9.29. The average molecular weight is 258 g/mol. The summed E-state index contributed by atoms with van der Waals surface area (Å²) in [5, 5.41) is 8.70. The van der Waals surface area contributed by atoms with Crippen molar-refractivity contribution in [1.82, 2.24) is 0 Å². The molecule has 1 aliphatic carbocycles. The van der Waals surface area contributed by atoms with Crippen molar-refractivity contribution < 1.29 is 9.84 Å². The fourth-order valence-corrected chi connectivity index (χ4v) is 2.54. The predicted molar refractivity (Wildman–Crippen MR) is 77.3 cm³/mol. The smallest absolute Gasteiger partial charge is 0.122 e. The Balaban J connectivity index is 2.03. The summed E-state index contributed by atoms with van der Waals surface area (Å²) < 4.78 is 6.13. The number of aliphatic hydroxyl groups is 1. The molecule has 0 saturated heterocycles. The number of ether oxygens (including phenoxy) is 1. The van der Waals surface area contributed by atoms with Crippen LogP contribution in [0.15, 0.2) is 18.2 Å². The first kappa shape index (κ1) is 14.0. The van der Waals surface area contributed by atoms with Crippen molar-refractivity contribution in [1.29, 1.82) is 0 Å². The molecule has 1 N–H and O–H groups in total. The summed E-state index contributed by atoms with van der Waals surface area (Å²) in [6.45, 7) is 1.95. The Morgan fingerprint density at radius 1 is 1.21 bits per heavy atom. The summed E-state index contributed by atoms with van der Waals surface area (Å²) in [5.41, 5.74) is 2.05. The van der Waals surface area contributed by atoms with Gasteiger partial charge in [-0.25, -0.2) is 0 Å². The van der Waals surface area contributed by atoms with Crippen LogP contribution in [0.2, 0.25) is 0 Å². The normalized spacial score (nSPS) is 16.3. The van der Waals surface area contributed by atoms with E-state index in [1.54, 1.807) is 0 Å². The topological polar surface area (TPSA) is 29.5 Å². The zero-order chi connectivity index (χ0) is 13.5. The summed E-state index contributed by atoms with van der Waals surface area (Å²) in [5.74, 6) is 6.56. The van der Waals surface area contributed by atoms with Gasteiger partial charge in [0.2, 0.25) is 0 Å². The predicted octanol–water partition coefficient (Wildman–Crippen LogP) is 3.44. The second-order valence-electron chi connectivity index (χ2n) is 5.17. The van der Waals surface area contributed by atoms with E-state index in [4.69, 9.17) is 9.84 Å². The third-order valence-corrected chi connectivity index (χ3v) is 3.58. The Labute approximate surface area is 115 Å². The minimum atomic E-state index is -0.0978. The van der Waals surface area contributed by atoms with Crippen LogP contribution in [0, 0.1) is 18.8 Å². The van der Waals surface area contributed by atoms with Crippen LogP contribution in [0.5, 0.6) is 5.75 Å². The minimum Gasteiger partial charge on any atom is -0.490 e. The first-order valence-corrected chi connectivity index (χ1v) is 7.16. The van der Waals surface area contributed by atoms with Gasteiger partial charge in [-0.05, 0) is 56.4 Å². The molecule has 0 aliphatic heterocycles. The van der Waals surface area contributed by atoms with Gasteiger partial charge in [0.05, 0.1) is 6.10 Å². The van der Waals surface area contributed by atoms with Crippen molar-refractivity contribution in [3.63, 3.8) is 0 Å². The molecular formula is C17H22O2. The van der Waals surface area contributed by atoms with Gasteiger partial charge in [-0.2, -0.15) is 0 Å². The average Bonchev–Trinajstić information content (AvgIpc) is 2.68. The van der Waals surface area contributed by atoms with Gasteiger partial charge in [-0.15, -0.1) is 0 Å². The van der Waals surface area contributed by atoms with E-state index in [0.29, 0.717) is 6.10 Å². The van der Waals surface area contributed by atoms with Crippen molar-refractivity contribution >= 4 is 0 Å². The lowest BCUT2D eigenvalue weighted by molar-refractivity contribution is 0.182. The second-order valence-corrected chi connectivity index (χ2v) is 5.17. The number of aliphatic hydroxyl groups excluding tert-OH is 1. The summed E-state index contributed by atoms with van der Waals surface area (Å²) in [6.07, 6.45) is 7.96. The van der Waals surface area contributed by atoms with Gasteiger partial charge >= 0.3 is 0 Å². The van der Waals surface area contributed by atoms with Crippen LogP contribution >= 0.6 is 0 Å². The van der Waals surface area contributed by atoms with E-state index in [1.165, 1.54) is 38.5 Å². The second kappa shape index (κ2) is 7.21. The van der Waals surface area contributed by atoms with Gasteiger partial charge in [-0.1, -0.05) is 24.7 Å². The maximum Gasteiger partial charge on any atom is 0.122 e. The van der Waals surface area contributed by atoms with Crippen molar-refractivity contribution in [3.8, 4) is 17.6 Å². The van der Waals surface area contributed by atoms with Crippen molar-refractivity contribution in [2.45, 2.75) is 51.6 Å². The lowest BCUT2D eigenvalue weighted by Gasteiger charge is -2.18. The van der Waals surface area contributed by atoms with Crippen LogP contribution in [0.25, 0.3) is 0 Å². The molecule has 2 heteroatoms. The molecule has 0 aromatic heterocycles. The quantitative estimate of drug-likeness (QED) is 0.650. The van der Waals surface area contributed by atoms with Crippen LogP contribution < -0.4 is 4.74 Å². The number of hydrogen-bond donors (Lipinski definition) is 1. The van der Waals surface area contributed by atoms with Crippen LogP contribution in [-0.2, 0) is 0 Å². The highest BCUT2D eigenvalue weighted by molar-refractivity contribution is 5.43. The Hall–Kier alpha value is -1.46. The van der Waals surface area contributed by atoms with E-state index in [9.17, 15) is 0 Å². The molecule has 0 bridgehead atoms. The van der Waals surface area contributed by atoms with Crippen LogP contribution in [0.4, 0.5) is 0 Å². The number of hydrogen-bond acceptors (Lipinski definition) is 2. The zero-order valence-electron chi connectivity index (χ0n) is 11.6. The number of rotatable bonds is 2. The molecule has 0 amide bonds. The van der Waals surface area contributed by atoms with Gasteiger partial charge in [0.15, 0.2) is 0 Å². The Morgan fingerprint density at radius 2 is 1.95 bits per heavy atom. The van der Waals surface area contributed by atoms with E-state index in [0.717, 1.165) is 16.9 Å². The van der Waals surface area contributed by atoms with E-state index in [-0.39, 0.29) is 6.61 Å². The van der Waals surface area contributed by atoms with Gasteiger partial charge in [0.25, 0.3) is 0 Å². The Morgan fingerprint density at radius 3 is 2.58 bits per heavy atom. The largest absolute Gasteiger partial charge is 0.490 e. The molecular weight excluding hydrogens is 236 g/mol. The lowest BCUT2D eigenvalue weighted by Crippen LogP contribution is -2.15. The van der Waals surface area contributed by atoms with Crippen LogP contribution in [0.1, 0.15) is 49.7 Å². The molecule has 1 saturated carbocycles. The minimum absolute atomic E-state index is 0.0978. The van der Waals surface area contributed by atoms with E-state index in [1.807, 2.05) is 18.2 Å². The molecule has 0 heterocycles. The van der Waals surface area contributed by atoms with Gasteiger partial charge in [-0.3, -0.25) is 0 Å². The monoisotopic (exact) mass is 258 g/mol. The fourth-order valence-electron chi connectivity index (χ4n) is 2.54. The highest BCUT2D eigenvalue weighted by atomic mass is 16.5. The first-order valence-electron chi connectivity index (χ1n) is 7.16. The maximum atomic E-state index is 8.70. The SMILES string of the molecule is Cc1cc(C#CCO)ccc1OC1CCCCCC1. The molecule has 1 aliphatic rings. The van der Waals surface area contributed by atoms with E-state index >= 15 is 0 Å². The summed E-state index contributed by atoms with van der Waals surface area (Å²) in [4.78, 5) is 0. The molecule has 2 nitrogen and oxygen atoms in total. The maximum absolute atomic E-state index is 8.70. The molecule has 0 unspecified atom stereocenters. The zero-order valence-corrected chi connectivity index (χ0v) is 11.6. The summed E-state index contributed by atoms with van der Waals surface area (Å²) >= 11 is 0. The molecule has 1 aromatic carbocycles.